The predicted octanol–water partition coefficient (Wildman–Crippen LogP) is 0.630. The van der Waals surface area contributed by atoms with Gasteiger partial charge in [0, 0.05) is 19.3 Å². The van der Waals surface area contributed by atoms with E-state index < -0.39 is 5.92 Å². The summed E-state index contributed by atoms with van der Waals surface area (Å²) in [6.45, 7) is 2.68. The first-order valence-corrected chi connectivity index (χ1v) is 4.36. The molecule has 0 aliphatic rings. The van der Waals surface area contributed by atoms with Gasteiger partial charge in [-0.2, -0.15) is 0 Å². The normalized spacial score (nSPS) is 11.9. The summed E-state index contributed by atoms with van der Waals surface area (Å²) in [5, 5.41) is 0. The quantitative estimate of drug-likeness (QED) is 0.561. The van der Waals surface area contributed by atoms with Crippen molar-refractivity contribution < 1.29 is 19.2 Å². The Kier molecular flexibility index (Phi) is 5.60. The number of hydrogen-bond donors (Lipinski definition) is 0. The molecule has 0 aromatic rings. The highest BCUT2D eigenvalue weighted by Crippen LogP contribution is 2.07. The van der Waals surface area contributed by atoms with E-state index in [0.717, 1.165) is 0 Å². The Hall–Kier alpha value is -1.32. The Morgan fingerprint density at radius 2 is 1.64 bits per heavy atom. The minimum atomic E-state index is -0.994. The molecular formula is C10H13O4. The second-order valence-corrected chi connectivity index (χ2v) is 3.24. The van der Waals surface area contributed by atoms with E-state index in [9.17, 15) is 19.2 Å². The lowest BCUT2D eigenvalue weighted by atomic mass is 9.96. The molecule has 0 aliphatic carbocycles. The highest BCUT2D eigenvalue weighted by molar-refractivity contribution is 5.98. The Morgan fingerprint density at radius 1 is 1.07 bits per heavy atom. The largest absolute Gasteiger partial charge is 0.300 e. The summed E-state index contributed by atoms with van der Waals surface area (Å²) in [6, 6.07) is 0. The van der Waals surface area contributed by atoms with Crippen molar-refractivity contribution in [2.75, 3.05) is 0 Å². The van der Waals surface area contributed by atoms with Crippen LogP contribution in [0.2, 0.25) is 0 Å². The molecule has 0 aromatic carbocycles. The van der Waals surface area contributed by atoms with Crippen molar-refractivity contribution in [3.63, 3.8) is 0 Å². The minimum absolute atomic E-state index is 0.0164. The molecule has 0 heterocycles. The van der Waals surface area contributed by atoms with Crippen LogP contribution in [0.4, 0.5) is 0 Å². The van der Waals surface area contributed by atoms with Crippen LogP contribution >= 0.6 is 0 Å². The molecule has 0 fully saturated rings. The fourth-order valence-electron chi connectivity index (χ4n) is 0.982. The maximum absolute atomic E-state index is 11.2. The Morgan fingerprint density at radius 3 is 2.00 bits per heavy atom. The van der Waals surface area contributed by atoms with Crippen LogP contribution in [0, 0.1) is 5.92 Å². The molecule has 1 unspecified atom stereocenters. The molecule has 0 amide bonds. The summed E-state index contributed by atoms with van der Waals surface area (Å²) < 4.78 is 0. The molecule has 0 saturated heterocycles. The lowest BCUT2D eigenvalue weighted by Crippen LogP contribution is -2.19. The van der Waals surface area contributed by atoms with Gasteiger partial charge in [-0.1, -0.05) is 0 Å². The average molecular weight is 197 g/mol. The van der Waals surface area contributed by atoms with E-state index in [1.165, 1.54) is 20.1 Å². The summed E-state index contributed by atoms with van der Waals surface area (Å²) >= 11 is 0. The Balaban J connectivity index is 4.10. The van der Waals surface area contributed by atoms with Gasteiger partial charge in [0.15, 0.2) is 0 Å². The van der Waals surface area contributed by atoms with Crippen LogP contribution in [0.3, 0.4) is 0 Å². The fourth-order valence-corrected chi connectivity index (χ4v) is 0.982. The average Bonchev–Trinajstić information content (AvgIpc) is 2.09. The van der Waals surface area contributed by atoms with E-state index in [0.29, 0.717) is 0 Å². The first kappa shape index (κ1) is 12.7. The van der Waals surface area contributed by atoms with Gasteiger partial charge in [-0.3, -0.25) is 14.4 Å². The number of hydrogen-bond acceptors (Lipinski definition) is 4. The molecule has 4 nitrogen and oxygen atoms in total. The van der Waals surface area contributed by atoms with Gasteiger partial charge in [0.25, 0.3) is 0 Å². The summed E-state index contributed by atoms with van der Waals surface area (Å²) in [4.78, 5) is 42.8. The second kappa shape index (κ2) is 6.18. The third kappa shape index (κ3) is 5.35. The number of Topliss-reactive ketones (excluding diaryl/α,β-unsaturated/α-hetero) is 3. The monoisotopic (exact) mass is 197 g/mol. The molecule has 0 spiro atoms. The molecule has 77 valence electrons. The number of carbonyl (C=O) groups excluding carboxylic acids is 4. The number of rotatable bonds is 7. The molecule has 4 heteroatoms. The van der Waals surface area contributed by atoms with E-state index >= 15 is 0 Å². The van der Waals surface area contributed by atoms with Crippen LogP contribution in [-0.4, -0.2) is 23.6 Å². The standard InChI is InChI=1S/C10H13O4/c1-7(12)3-4-10(14)9(6-11)5-8(2)13/h9H,3-5H2,1-2H3. The third-order valence-corrected chi connectivity index (χ3v) is 1.75. The summed E-state index contributed by atoms with van der Waals surface area (Å²) in [5.41, 5.74) is 0. The highest BCUT2D eigenvalue weighted by Gasteiger charge is 2.20. The van der Waals surface area contributed by atoms with Gasteiger partial charge in [-0.25, -0.2) is 0 Å². The topological polar surface area (TPSA) is 68.3 Å². The zero-order valence-electron chi connectivity index (χ0n) is 8.33. The predicted molar refractivity (Wildman–Crippen MR) is 49.4 cm³/mol. The molecular weight excluding hydrogens is 184 g/mol. The summed E-state index contributed by atoms with van der Waals surface area (Å²) in [6.07, 6.45) is 1.55. The first-order valence-electron chi connectivity index (χ1n) is 4.36. The van der Waals surface area contributed by atoms with Crippen molar-refractivity contribution in [3.8, 4) is 0 Å². The van der Waals surface area contributed by atoms with Gasteiger partial charge in [0.1, 0.15) is 17.3 Å². The van der Waals surface area contributed by atoms with Crippen molar-refractivity contribution in [1.82, 2.24) is 0 Å². The zero-order chi connectivity index (χ0) is 11.1. The molecule has 1 atom stereocenters. The highest BCUT2D eigenvalue weighted by atomic mass is 16.1. The molecule has 0 bridgehead atoms. The van der Waals surface area contributed by atoms with E-state index in [1.54, 1.807) is 0 Å². The fraction of sp³-hybridized carbons (Fsp3) is 0.600. The van der Waals surface area contributed by atoms with Crippen molar-refractivity contribution >= 4 is 23.6 Å². The number of ketones is 3. The van der Waals surface area contributed by atoms with E-state index in [2.05, 4.69) is 0 Å². The van der Waals surface area contributed by atoms with E-state index in [-0.39, 0.29) is 36.6 Å². The van der Waals surface area contributed by atoms with Crippen molar-refractivity contribution in [2.24, 2.45) is 5.92 Å². The van der Waals surface area contributed by atoms with E-state index in [1.807, 2.05) is 0 Å². The van der Waals surface area contributed by atoms with Crippen molar-refractivity contribution in [1.29, 1.82) is 0 Å². The van der Waals surface area contributed by atoms with Gasteiger partial charge in [-0.15, -0.1) is 0 Å². The second-order valence-electron chi connectivity index (χ2n) is 3.24. The van der Waals surface area contributed by atoms with Gasteiger partial charge >= 0.3 is 0 Å². The summed E-state index contributed by atoms with van der Waals surface area (Å²) in [5.74, 6) is -1.71. The van der Waals surface area contributed by atoms with Crippen LogP contribution < -0.4 is 0 Å². The molecule has 0 aromatic heterocycles. The first-order chi connectivity index (χ1) is 6.47. The molecule has 0 saturated carbocycles. The van der Waals surface area contributed by atoms with Crippen molar-refractivity contribution in [3.05, 3.63) is 0 Å². The van der Waals surface area contributed by atoms with Gasteiger partial charge < -0.3 is 4.79 Å². The molecule has 1 radical (unpaired) electrons. The molecule has 0 N–H and O–H groups in total. The van der Waals surface area contributed by atoms with Crippen LogP contribution in [0.5, 0.6) is 0 Å². The summed E-state index contributed by atoms with van der Waals surface area (Å²) in [7, 11) is 0. The maximum atomic E-state index is 11.2. The van der Waals surface area contributed by atoms with Gasteiger partial charge in [-0.05, 0) is 13.8 Å². The van der Waals surface area contributed by atoms with Crippen LogP contribution in [0.1, 0.15) is 33.1 Å². The smallest absolute Gasteiger partial charge is 0.210 e. The Bertz CT molecular complexity index is 255. The third-order valence-electron chi connectivity index (χ3n) is 1.75. The van der Waals surface area contributed by atoms with Gasteiger partial charge in [0.2, 0.25) is 6.29 Å². The number of carbonyl (C=O) groups is 3. The SMILES string of the molecule is CC(=O)CCC(=O)C([C]=O)CC(C)=O. The Labute approximate surface area is 82.7 Å². The molecule has 0 aliphatic heterocycles. The lowest BCUT2D eigenvalue weighted by Gasteiger charge is -2.04. The lowest BCUT2D eigenvalue weighted by molar-refractivity contribution is -0.126. The maximum Gasteiger partial charge on any atom is 0.210 e. The zero-order valence-corrected chi connectivity index (χ0v) is 8.33. The van der Waals surface area contributed by atoms with Crippen LogP contribution in [-0.2, 0) is 19.2 Å². The molecule has 14 heavy (non-hydrogen) atoms. The molecule has 0 rings (SSSR count). The van der Waals surface area contributed by atoms with E-state index in [4.69, 9.17) is 0 Å². The van der Waals surface area contributed by atoms with Crippen LogP contribution in [0.25, 0.3) is 0 Å². The minimum Gasteiger partial charge on any atom is -0.300 e. The van der Waals surface area contributed by atoms with Crippen LogP contribution in [0.15, 0.2) is 0 Å². The van der Waals surface area contributed by atoms with Gasteiger partial charge in [0.05, 0.1) is 5.92 Å². The van der Waals surface area contributed by atoms with Crippen molar-refractivity contribution in [2.45, 2.75) is 33.1 Å².